The molecule has 0 spiro atoms. The van der Waals surface area contributed by atoms with Crippen LogP contribution in [0.15, 0.2) is 12.1 Å². The highest BCUT2D eigenvalue weighted by Crippen LogP contribution is 2.47. The van der Waals surface area contributed by atoms with Gasteiger partial charge in [-0.25, -0.2) is 4.39 Å². The van der Waals surface area contributed by atoms with Crippen molar-refractivity contribution in [2.24, 2.45) is 5.73 Å². The molecule has 1 fully saturated rings. The van der Waals surface area contributed by atoms with E-state index in [1.165, 1.54) is 13.2 Å². The van der Waals surface area contributed by atoms with Gasteiger partial charge in [0.15, 0.2) is 0 Å². The Kier molecular flexibility index (Phi) is 2.16. The molecular weight excluding hydrogens is 205 g/mol. The fourth-order valence-electron chi connectivity index (χ4n) is 1.53. The third-order valence-corrected chi connectivity index (χ3v) is 2.84. The molecular formula is C10H11ClFNO. The third kappa shape index (κ3) is 1.47. The topological polar surface area (TPSA) is 35.2 Å². The molecule has 0 aromatic heterocycles. The Balaban J connectivity index is 2.50. The molecule has 0 radical (unpaired) electrons. The van der Waals surface area contributed by atoms with Crippen LogP contribution in [0.25, 0.3) is 0 Å². The van der Waals surface area contributed by atoms with Crippen LogP contribution in [-0.2, 0) is 5.54 Å². The zero-order chi connectivity index (χ0) is 10.3. The predicted molar refractivity (Wildman–Crippen MR) is 53.1 cm³/mol. The van der Waals surface area contributed by atoms with Gasteiger partial charge in [0.25, 0.3) is 0 Å². The van der Waals surface area contributed by atoms with Crippen molar-refractivity contribution in [2.75, 3.05) is 7.11 Å². The van der Waals surface area contributed by atoms with E-state index < -0.39 is 5.54 Å². The molecule has 0 heterocycles. The van der Waals surface area contributed by atoms with Gasteiger partial charge in [-0.3, -0.25) is 0 Å². The highest BCUT2D eigenvalue weighted by Gasteiger charge is 2.43. The van der Waals surface area contributed by atoms with Gasteiger partial charge in [-0.1, -0.05) is 11.6 Å². The van der Waals surface area contributed by atoms with Gasteiger partial charge in [0, 0.05) is 17.2 Å². The molecule has 76 valence electrons. The van der Waals surface area contributed by atoms with E-state index in [0.717, 1.165) is 12.8 Å². The van der Waals surface area contributed by atoms with Gasteiger partial charge in [-0.2, -0.15) is 0 Å². The van der Waals surface area contributed by atoms with Crippen molar-refractivity contribution >= 4 is 11.6 Å². The molecule has 1 aliphatic carbocycles. The Morgan fingerprint density at radius 2 is 2.14 bits per heavy atom. The van der Waals surface area contributed by atoms with Crippen LogP contribution in [0, 0.1) is 5.82 Å². The summed E-state index contributed by atoms with van der Waals surface area (Å²) in [6, 6.07) is 2.90. The molecule has 0 atom stereocenters. The maximum absolute atomic E-state index is 13.6. The van der Waals surface area contributed by atoms with Gasteiger partial charge in [0.1, 0.15) is 11.6 Å². The fourth-order valence-corrected chi connectivity index (χ4v) is 1.91. The van der Waals surface area contributed by atoms with E-state index in [1.54, 1.807) is 6.07 Å². The van der Waals surface area contributed by atoms with Crippen LogP contribution in [0.1, 0.15) is 18.4 Å². The summed E-state index contributed by atoms with van der Waals surface area (Å²) in [6.07, 6.45) is 1.58. The lowest BCUT2D eigenvalue weighted by atomic mass is 10.0. The molecule has 0 unspecified atom stereocenters. The maximum Gasteiger partial charge on any atom is 0.133 e. The SMILES string of the molecule is COc1cc(F)c(C2(N)CC2)c(Cl)c1. The van der Waals surface area contributed by atoms with Crippen molar-refractivity contribution in [3.8, 4) is 5.75 Å². The highest BCUT2D eigenvalue weighted by molar-refractivity contribution is 6.31. The standard InChI is InChI=1S/C10H11ClFNO/c1-14-6-4-7(11)9(8(12)5-6)10(13)2-3-10/h4-5H,2-3,13H2,1H3. The minimum absolute atomic E-state index is 0.349. The highest BCUT2D eigenvalue weighted by atomic mass is 35.5. The Labute approximate surface area is 86.8 Å². The summed E-state index contributed by atoms with van der Waals surface area (Å²) in [5.41, 5.74) is 5.76. The van der Waals surface area contributed by atoms with Gasteiger partial charge >= 0.3 is 0 Å². The van der Waals surface area contributed by atoms with Crippen LogP contribution < -0.4 is 10.5 Å². The second-order valence-electron chi connectivity index (χ2n) is 3.62. The number of halogens is 2. The molecule has 0 saturated heterocycles. The Morgan fingerprint density at radius 3 is 2.57 bits per heavy atom. The lowest BCUT2D eigenvalue weighted by Crippen LogP contribution is -2.21. The largest absolute Gasteiger partial charge is 0.497 e. The Bertz CT molecular complexity index is 353. The number of nitrogens with two attached hydrogens (primary N) is 1. The van der Waals surface area contributed by atoms with Gasteiger partial charge in [0.2, 0.25) is 0 Å². The van der Waals surface area contributed by atoms with Crippen molar-refractivity contribution in [3.05, 3.63) is 28.5 Å². The van der Waals surface area contributed by atoms with Gasteiger partial charge in [-0.15, -0.1) is 0 Å². The number of methoxy groups -OCH3 is 1. The zero-order valence-electron chi connectivity index (χ0n) is 7.81. The molecule has 1 aromatic carbocycles. The van der Waals surface area contributed by atoms with Crippen LogP contribution >= 0.6 is 11.6 Å². The lowest BCUT2D eigenvalue weighted by molar-refractivity contribution is 0.410. The van der Waals surface area contributed by atoms with E-state index in [2.05, 4.69) is 0 Å². The van der Waals surface area contributed by atoms with E-state index >= 15 is 0 Å². The smallest absolute Gasteiger partial charge is 0.133 e. The summed E-state index contributed by atoms with van der Waals surface area (Å²) in [7, 11) is 1.47. The number of ether oxygens (including phenoxy) is 1. The number of benzene rings is 1. The lowest BCUT2D eigenvalue weighted by Gasteiger charge is -2.13. The molecule has 0 aliphatic heterocycles. The molecule has 2 nitrogen and oxygen atoms in total. The summed E-state index contributed by atoms with van der Waals surface area (Å²) in [5.74, 6) is 0.0369. The van der Waals surface area contributed by atoms with Crippen LogP contribution in [0.5, 0.6) is 5.75 Å². The summed E-state index contributed by atoms with van der Waals surface area (Å²) < 4.78 is 18.5. The molecule has 1 aromatic rings. The third-order valence-electron chi connectivity index (χ3n) is 2.54. The van der Waals surface area contributed by atoms with E-state index in [0.29, 0.717) is 16.3 Å². The fraction of sp³-hybridized carbons (Fsp3) is 0.400. The van der Waals surface area contributed by atoms with Crippen LogP contribution in [0.4, 0.5) is 4.39 Å². The first-order valence-electron chi connectivity index (χ1n) is 4.39. The van der Waals surface area contributed by atoms with Crippen molar-refractivity contribution in [1.29, 1.82) is 0 Å². The normalized spacial score (nSPS) is 18.0. The molecule has 1 aliphatic rings. The number of rotatable bonds is 2. The van der Waals surface area contributed by atoms with Crippen molar-refractivity contribution in [2.45, 2.75) is 18.4 Å². The minimum atomic E-state index is -0.548. The second-order valence-corrected chi connectivity index (χ2v) is 4.03. The van der Waals surface area contributed by atoms with Crippen LogP contribution in [0.2, 0.25) is 5.02 Å². The molecule has 0 bridgehead atoms. The summed E-state index contributed by atoms with van der Waals surface area (Å²) in [6.45, 7) is 0. The van der Waals surface area contributed by atoms with E-state index in [9.17, 15) is 4.39 Å². The first-order chi connectivity index (χ1) is 6.57. The molecule has 1 saturated carbocycles. The average molecular weight is 216 g/mol. The Morgan fingerprint density at radius 1 is 1.50 bits per heavy atom. The average Bonchev–Trinajstić information content (AvgIpc) is 2.82. The summed E-state index contributed by atoms with van der Waals surface area (Å²) >= 11 is 5.94. The van der Waals surface area contributed by atoms with Crippen molar-refractivity contribution in [1.82, 2.24) is 0 Å². The summed E-state index contributed by atoms with van der Waals surface area (Å²) in [5, 5.41) is 0.349. The predicted octanol–water partition coefficient (Wildman–Crippen LogP) is 2.44. The Hall–Kier alpha value is -0.800. The molecule has 4 heteroatoms. The molecule has 14 heavy (non-hydrogen) atoms. The van der Waals surface area contributed by atoms with Crippen molar-refractivity contribution < 1.29 is 9.13 Å². The first kappa shape index (κ1) is 9.74. The second kappa shape index (κ2) is 3.11. The van der Waals surface area contributed by atoms with Gasteiger partial charge in [-0.05, 0) is 18.9 Å². The zero-order valence-corrected chi connectivity index (χ0v) is 8.57. The summed E-state index contributed by atoms with van der Waals surface area (Å²) in [4.78, 5) is 0. The van der Waals surface area contributed by atoms with Crippen molar-refractivity contribution in [3.63, 3.8) is 0 Å². The van der Waals surface area contributed by atoms with Crippen LogP contribution in [-0.4, -0.2) is 7.11 Å². The minimum Gasteiger partial charge on any atom is -0.497 e. The van der Waals surface area contributed by atoms with E-state index in [-0.39, 0.29) is 5.82 Å². The molecule has 2 N–H and O–H groups in total. The van der Waals surface area contributed by atoms with E-state index in [4.69, 9.17) is 22.1 Å². The first-order valence-corrected chi connectivity index (χ1v) is 4.77. The monoisotopic (exact) mass is 215 g/mol. The molecule has 0 amide bonds. The van der Waals surface area contributed by atoms with Gasteiger partial charge in [0.05, 0.1) is 12.1 Å². The van der Waals surface area contributed by atoms with E-state index in [1.807, 2.05) is 0 Å². The van der Waals surface area contributed by atoms with Crippen LogP contribution in [0.3, 0.4) is 0 Å². The quantitative estimate of drug-likeness (QED) is 0.823. The number of hydrogen-bond donors (Lipinski definition) is 1. The number of hydrogen-bond acceptors (Lipinski definition) is 2. The molecule has 2 rings (SSSR count). The van der Waals surface area contributed by atoms with Gasteiger partial charge < -0.3 is 10.5 Å². The maximum atomic E-state index is 13.6.